The number of nitrogen functional groups attached to an aromatic ring is 1. The fraction of sp³-hybridized carbons (Fsp3) is 0.348. The van der Waals surface area contributed by atoms with Crippen molar-refractivity contribution in [1.29, 1.82) is 0 Å². The highest BCUT2D eigenvalue weighted by atomic mass is 16.5. The second-order valence-electron chi connectivity index (χ2n) is 7.77. The van der Waals surface area contributed by atoms with Gasteiger partial charge in [-0.1, -0.05) is 36.4 Å². The molecule has 1 aliphatic rings. The number of hydrogen-bond acceptors (Lipinski definition) is 8. The van der Waals surface area contributed by atoms with E-state index in [1.54, 1.807) is 0 Å². The number of hydrogen-bond donors (Lipinski definition) is 2. The average Bonchev–Trinajstić information content (AvgIpc) is 2.76. The van der Waals surface area contributed by atoms with Crippen molar-refractivity contribution in [2.45, 2.75) is 20.0 Å². The number of rotatable bonds is 7. The molecule has 0 spiro atoms. The van der Waals surface area contributed by atoms with Crippen LogP contribution in [0.3, 0.4) is 0 Å². The van der Waals surface area contributed by atoms with E-state index in [4.69, 9.17) is 10.5 Å². The molecular formula is C23H29N7O. The molecule has 0 atom stereocenters. The zero-order chi connectivity index (χ0) is 21.6. The molecule has 0 saturated carbocycles. The van der Waals surface area contributed by atoms with Crippen molar-refractivity contribution in [3.63, 3.8) is 0 Å². The van der Waals surface area contributed by atoms with Gasteiger partial charge in [0.2, 0.25) is 11.9 Å². The van der Waals surface area contributed by atoms with Crippen LogP contribution in [0.15, 0.2) is 48.5 Å². The van der Waals surface area contributed by atoms with Gasteiger partial charge in [-0.3, -0.25) is 4.90 Å². The summed E-state index contributed by atoms with van der Waals surface area (Å²) in [4.78, 5) is 17.7. The second-order valence-corrected chi connectivity index (χ2v) is 7.77. The lowest BCUT2D eigenvalue weighted by atomic mass is 10.1. The van der Waals surface area contributed by atoms with Gasteiger partial charge in [0.1, 0.15) is 5.82 Å². The number of aromatic nitrogens is 3. The van der Waals surface area contributed by atoms with Crippen LogP contribution in [0.4, 0.5) is 23.3 Å². The lowest BCUT2D eigenvalue weighted by Crippen LogP contribution is -2.37. The van der Waals surface area contributed by atoms with E-state index in [-0.39, 0.29) is 5.95 Å². The number of nitrogens with two attached hydrogens (primary N) is 1. The Morgan fingerprint density at radius 2 is 1.74 bits per heavy atom. The van der Waals surface area contributed by atoms with Gasteiger partial charge in [0.25, 0.3) is 0 Å². The van der Waals surface area contributed by atoms with Gasteiger partial charge in [-0.2, -0.15) is 15.0 Å². The van der Waals surface area contributed by atoms with Crippen LogP contribution in [0, 0.1) is 6.92 Å². The summed E-state index contributed by atoms with van der Waals surface area (Å²) in [5.41, 5.74) is 10.6. The fourth-order valence-electron chi connectivity index (χ4n) is 3.74. The smallest absolute Gasteiger partial charge is 0.232 e. The van der Waals surface area contributed by atoms with Gasteiger partial charge in [0, 0.05) is 31.0 Å². The zero-order valence-electron chi connectivity index (χ0n) is 18.1. The number of nitrogens with one attached hydrogen (secondary N) is 1. The van der Waals surface area contributed by atoms with Crippen molar-refractivity contribution in [2.75, 3.05) is 49.3 Å². The van der Waals surface area contributed by atoms with Crippen LogP contribution >= 0.6 is 0 Å². The summed E-state index contributed by atoms with van der Waals surface area (Å²) in [7, 11) is 2.06. The van der Waals surface area contributed by atoms with Crippen molar-refractivity contribution in [3.8, 4) is 0 Å². The van der Waals surface area contributed by atoms with Crippen LogP contribution in [0.1, 0.15) is 17.0 Å². The molecule has 0 aliphatic carbocycles. The van der Waals surface area contributed by atoms with Crippen molar-refractivity contribution in [3.05, 3.63) is 65.5 Å². The summed E-state index contributed by atoms with van der Waals surface area (Å²) in [6.07, 6.45) is 0. The highest BCUT2D eigenvalue weighted by molar-refractivity contribution is 5.58. The first-order valence-electron chi connectivity index (χ1n) is 10.5. The Kier molecular flexibility index (Phi) is 6.59. The van der Waals surface area contributed by atoms with Gasteiger partial charge in [-0.15, -0.1) is 0 Å². The summed E-state index contributed by atoms with van der Waals surface area (Å²) in [5, 5.41) is 3.25. The first-order valence-corrected chi connectivity index (χ1v) is 10.5. The molecule has 0 bridgehead atoms. The largest absolute Gasteiger partial charge is 0.378 e. The first kappa shape index (κ1) is 21.0. The van der Waals surface area contributed by atoms with Crippen LogP contribution < -0.4 is 16.0 Å². The molecule has 3 aromatic rings. The lowest BCUT2D eigenvalue weighted by Gasteiger charge is -2.31. The Morgan fingerprint density at radius 3 is 2.55 bits per heavy atom. The van der Waals surface area contributed by atoms with E-state index in [0.29, 0.717) is 18.3 Å². The van der Waals surface area contributed by atoms with Crippen LogP contribution in [0.25, 0.3) is 0 Å². The monoisotopic (exact) mass is 419 g/mol. The summed E-state index contributed by atoms with van der Waals surface area (Å²) in [5.74, 6) is 1.30. The predicted octanol–water partition coefficient (Wildman–Crippen LogP) is 2.97. The normalized spacial score (nSPS) is 14.1. The van der Waals surface area contributed by atoms with Crippen molar-refractivity contribution in [2.24, 2.45) is 0 Å². The Bertz CT molecular complexity index is 1020. The molecule has 0 unspecified atom stereocenters. The van der Waals surface area contributed by atoms with Crippen molar-refractivity contribution in [1.82, 2.24) is 19.9 Å². The number of anilines is 4. The minimum Gasteiger partial charge on any atom is -0.378 e. The fourth-order valence-corrected chi connectivity index (χ4v) is 3.74. The first-order chi connectivity index (χ1) is 15.1. The van der Waals surface area contributed by atoms with Gasteiger partial charge >= 0.3 is 0 Å². The van der Waals surface area contributed by atoms with Crippen LogP contribution in [0.2, 0.25) is 0 Å². The van der Waals surface area contributed by atoms with E-state index in [2.05, 4.69) is 61.4 Å². The molecule has 1 saturated heterocycles. The Morgan fingerprint density at radius 1 is 1.00 bits per heavy atom. The molecule has 4 rings (SSSR count). The van der Waals surface area contributed by atoms with Gasteiger partial charge in [0.15, 0.2) is 0 Å². The molecular weight excluding hydrogens is 390 g/mol. The van der Waals surface area contributed by atoms with Crippen molar-refractivity contribution < 1.29 is 4.74 Å². The molecule has 162 valence electrons. The van der Waals surface area contributed by atoms with Crippen LogP contribution in [-0.2, 0) is 17.8 Å². The van der Waals surface area contributed by atoms with Crippen LogP contribution in [-0.4, -0.2) is 53.2 Å². The predicted molar refractivity (Wildman–Crippen MR) is 123 cm³/mol. The highest BCUT2D eigenvalue weighted by Gasteiger charge is 2.16. The standard InChI is InChI=1S/C23H29N7O/c1-17-7-3-5-9-19(17)25-23-27-21(26-22(24)28-23)16-29(2)15-18-8-4-6-10-20(18)30-11-13-31-14-12-30/h3-10H,11-16H2,1-2H3,(H3,24,25,26,27,28). The minimum atomic E-state index is 0.211. The van der Waals surface area contributed by atoms with E-state index in [1.807, 2.05) is 31.2 Å². The van der Waals surface area contributed by atoms with E-state index < -0.39 is 0 Å². The van der Waals surface area contributed by atoms with Gasteiger partial charge in [-0.05, 0) is 37.2 Å². The molecule has 2 aromatic carbocycles. The summed E-state index contributed by atoms with van der Waals surface area (Å²) >= 11 is 0. The Labute approximate surface area is 183 Å². The molecule has 1 aromatic heterocycles. The molecule has 0 amide bonds. The summed E-state index contributed by atoms with van der Waals surface area (Å²) in [6.45, 7) is 6.74. The van der Waals surface area contributed by atoms with E-state index >= 15 is 0 Å². The number of aryl methyl sites for hydroxylation is 1. The molecule has 1 fully saturated rings. The quantitative estimate of drug-likeness (QED) is 0.604. The maximum absolute atomic E-state index is 5.96. The minimum absolute atomic E-state index is 0.211. The topological polar surface area (TPSA) is 92.4 Å². The van der Waals surface area contributed by atoms with E-state index in [1.165, 1.54) is 11.3 Å². The van der Waals surface area contributed by atoms with Crippen molar-refractivity contribution >= 4 is 23.3 Å². The molecule has 3 N–H and O–H groups in total. The summed E-state index contributed by atoms with van der Waals surface area (Å²) in [6, 6.07) is 16.5. The Hall–Kier alpha value is -3.23. The van der Waals surface area contributed by atoms with Gasteiger partial charge in [0.05, 0.1) is 19.8 Å². The molecule has 1 aliphatic heterocycles. The number of nitrogens with zero attached hydrogens (tertiary/aromatic N) is 5. The van der Waals surface area contributed by atoms with E-state index in [9.17, 15) is 0 Å². The molecule has 31 heavy (non-hydrogen) atoms. The van der Waals surface area contributed by atoms with Gasteiger partial charge < -0.3 is 20.7 Å². The third-order valence-electron chi connectivity index (χ3n) is 5.29. The maximum Gasteiger partial charge on any atom is 0.232 e. The maximum atomic E-state index is 5.96. The summed E-state index contributed by atoms with van der Waals surface area (Å²) < 4.78 is 5.50. The molecule has 2 heterocycles. The lowest BCUT2D eigenvalue weighted by molar-refractivity contribution is 0.122. The number of benzene rings is 2. The third-order valence-corrected chi connectivity index (χ3v) is 5.29. The SMILES string of the molecule is Cc1ccccc1Nc1nc(N)nc(CN(C)Cc2ccccc2N2CCOCC2)n1. The average molecular weight is 420 g/mol. The zero-order valence-corrected chi connectivity index (χ0v) is 18.1. The number of morpholine rings is 1. The number of para-hydroxylation sites is 2. The van der Waals surface area contributed by atoms with Crippen LogP contribution in [0.5, 0.6) is 0 Å². The highest BCUT2D eigenvalue weighted by Crippen LogP contribution is 2.23. The molecule has 8 heteroatoms. The molecule has 8 nitrogen and oxygen atoms in total. The molecule has 0 radical (unpaired) electrons. The third kappa shape index (κ3) is 5.48. The number of ether oxygens (including phenoxy) is 1. The second kappa shape index (κ2) is 9.72. The van der Waals surface area contributed by atoms with Gasteiger partial charge in [-0.25, -0.2) is 0 Å². The van der Waals surface area contributed by atoms with E-state index in [0.717, 1.165) is 44.1 Å². The Balaban J connectivity index is 1.46.